The minimum absolute atomic E-state index is 0. The molecule has 0 amide bonds. The number of hydrogen-bond acceptors (Lipinski definition) is 1. The number of halogens is 1. The molecule has 1 aromatic rings. The lowest BCUT2D eigenvalue weighted by atomic mass is 9.94. The van der Waals surface area contributed by atoms with E-state index in [1.807, 2.05) is 6.07 Å². The van der Waals surface area contributed by atoms with Crippen molar-refractivity contribution in [3.8, 4) is 0 Å². The third-order valence-electron chi connectivity index (χ3n) is 2.82. The van der Waals surface area contributed by atoms with Crippen LogP contribution in [0.1, 0.15) is 32.8 Å². The molecule has 1 rings (SSSR count). The summed E-state index contributed by atoms with van der Waals surface area (Å²) in [6.07, 6.45) is 3.33. The number of allylic oxidation sites excluding steroid dienone is 2. The highest BCUT2D eigenvalue weighted by Gasteiger charge is 2.17. The Balaban J connectivity index is 0.00000361. The first-order chi connectivity index (χ1) is 8.79. The molecule has 0 aliphatic heterocycles. The van der Waals surface area contributed by atoms with Crippen molar-refractivity contribution in [2.75, 3.05) is 21.1 Å². The highest BCUT2D eigenvalue weighted by Crippen LogP contribution is 2.16. The largest absolute Gasteiger partial charge is 1.00 e. The fourth-order valence-corrected chi connectivity index (χ4v) is 1.90. The number of rotatable bonds is 5. The molecule has 20 heavy (non-hydrogen) atoms. The van der Waals surface area contributed by atoms with Crippen LogP contribution in [0.4, 0.5) is 0 Å². The average molecular weight is 386 g/mol. The van der Waals surface area contributed by atoms with Gasteiger partial charge in [0, 0.05) is 11.5 Å². The van der Waals surface area contributed by atoms with Gasteiger partial charge in [0.25, 0.3) is 0 Å². The second-order valence-electron chi connectivity index (χ2n) is 6.21. The smallest absolute Gasteiger partial charge is 0.106 e. The topological polar surface area (TPSA) is 12.4 Å². The first-order valence-electron chi connectivity index (χ1n) is 6.90. The molecule has 0 bridgehead atoms. The monoisotopic (exact) mass is 386 g/mol. The van der Waals surface area contributed by atoms with Crippen LogP contribution >= 0.6 is 0 Å². The van der Waals surface area contributed by atoms with Crippen LogP contribution in [0, 0.1) is 5.92 Å². The van der Waals surface area contributed by atoms with Gasteiger partial charge in [-0.05, 0) is 20.3 Å². The Morgan fingerprint density at radius 1 is 1.15 bits per heavy atom. The molecule has 1 unspecified atom stereocenters. The van der Waals surface area contributed by atoms with Crippen LogP contribution in [0.5, 0.6) is 0 Å². The molecule has 0 saturated heterocycles. The number of nitrogens with zero attached hydrogens (tertiary/aromatic N) is 2. The van der Waals surface area contributed by atoms with Gasteiger partial charge in [0.2, 0.25) is 0 Å². The van der Waals surface area contributed by atoms with Crippen LogP contribution in [-0.2, 0) is 0 Å². The standard InChI is InChI=1S/C17H27N2.HI/c1-14(2)12-13-15(3)17(18-19(4,5)6)16-10-8-7-9-11-16;/h7-12,15H,13H2,1-6H3;1H/q+1;/p-1. The van der Waals surface area contributed by atoms with Gasteiger partial charge in [-0.3, -0.25) is 0 Å². The molecule has 0 aliphatic carbocycles. The molecular formula is C17H27IN2. The van der Waals surface area contributed by atoms with Gasteiger partial charge in [0.15, 0.2) is 0 Å². The van der Waals surface area contributed by atoms with Crippen molar-refractivity contribution in [3.63, 3.8) is 0 Å². The highest BCUT2D eigenvalue weighted by atomic mass is 127. The maximum absolute atomic E-state index is 4.88. The van der Waals surface area contributed by atoms with Crippen LogP contribution < -0.4 is 24.0 Å². The zero-order valence-corrected chi connectivity index (χ0v) is 15.7. The minimum atomic E-state index is 0. The van der Waals surface area contributed by atoms with Gasteiger partial charge < -0.3 is 24.0 Å². The molecule has 0 N–H and O–H groups in total. The van der Waals surface area contributed by atoms with E-state index < -0.39 is 0 Å². The number of hydrogen-bond donors (Lipinski definition) is 0. The van der Waals surface area contributed by atoms with Crippen molar-refractivity contribution in [2.24, 2.45) is 11.0 Å². The molecule has 0 heterocycles. The van der Waals surface area contributed by atoms with E-state index in [4.69, 9.17) is 5.10 Å². The summed E-state index contributed by atoms with van der Waals surface area (Å²) in [6, 6.07) is 10.5. The van der Waals surface area contributed by atoms with Gasteiger partial charge in [-0.15, -0.1) is 0 Å². The summed E-state index contributed by atoms with van der Waals surface area (Å²) < 4.78 is 0.601. The third kappa shape index (κ3) is 7.20. The van der Waals surface area contributed by atoms with Crippen LogP contribution in [0.25, 0.3) is 0 Å². The quantitative estimate of drug-likeness (QED) is 0.236. The lowest BCUT2D eigenvalue weighted by molar-refractivity contribution is -0.877. The fourth-order valence-electron chi connectivity index (χ4n) is 1.90. The molecular weight excluding hydrogens is 359 g/mol. The van der Waals surface area contributed by atoms with Crippen molar-refractivity contribution in [1.82, 2.24) is 0 Å². The third-order valence-corrected chi connectivity index (χ3v) is 2.82. The molecule has 3 heteroatoms. The van der Waals surface area contributed by atoms with Crippen molar-refractivity contribution in [3.05, 3.63) is 47.5 Å². The zero-order valence-electron chi connectivity index (χ0n) is 13.5. The van der Waals surface area contributed by atoms with E-state index in [0.717, 1.165) is 6.42 Å². The molecule has 1 aromatic carbocycles. The Kier molecular flexibility index (Phi) is 8.28. The van der Waals surface area contributed by atoms with E-state index in [1.165, 1.54) is 16.8 Å². The lowest BCUT2D eigenvalue weighted by Crippen LogP contribution is -3.00. The van der Waals surface area contributed by atoms with Crippen molar-refractivity contribution in [1.29, 1.82) is 0 Å². The van der Waals surface area contributed by atoms with E-state index in [-0.39, 0.29) is 24.0 Å². The van der Waals surface area contributed by atoms with E-state index in [2.05, 4.69) is 72.3 Å². The number of quaternary nitrogens is 1. The summed E-state index contributed by atoms with van der Waals surface area (Å²) >= 11 is 0. The van der Waals surface area contributed by atoms with Gasteiger partial charge >= 0.3 is 0 Å². The molecule has 0 saturated carbocycles. The summed E-state index contributed by atoms with van der Waals surface area (Å²) in [4.78, 5) is 0. The Morgan fingerprint density at radius 2 is 1.70 bits per heavy atom. The molecule has 2 nitrogen and oxygen atoms in total. The van der Waals surface area contributed by atoms with Gasteiger partial charge in [-0.25, -0.2) is 4.59 Å². The molecule has 0 fully saturated rings. The Labute approximate surface area is 141 Å². The summed E-state index contributed by atoms with van der Waals surface area (Å²) in [5.74, 6) is 0.426. The summed E-state index contributed by atoms with van der Waals surface area (Å²) in [5, 5.41) is 4.88. The zero-order chi connectivity index (χ0) is 14.5. The molecule has 112 valence electrons. The van der Waals surface area contributed by atoms with E-state index in [1.54, 1.807) is 0 Å². The lowest BCUT2D eigenvalue weighted by Gasteiger charge is -2.21. The van der Waals surface area contributed by atoms with Crippen molar-refractivity contribution >= 4 is 5.71 Å². The van der Waals surface area contributed by atoms with E-state index in [0.29, 0.717) is 10.5 Å². The summed E-state index contributed by atoms with van der Waals surface area (Å²) in [7, 11) is 6.28. The second-order valence-corrected chi connectivity index (χ2v) is 6.21. The van der Waals surface area contributed by atoms with Crippen molar-refractivity contribution in [2.45, 2.75) is 27.2 Å². The Morgan fingerprint density at radius 3 is 2.15 bits per heavy atom. The molecule has 0 aliphatic rings. The molecule has 0 spiro atoms. The predicted molar refractivity (Wildman–Crippen MR) is 84.2 cm³/mol. The minimum Gasteiger partial charge on any atom is -1.00 e. The Hall–Kier alpha value is -0.680. The second kappa shape index (κ2) is 8.57. The first-order valence-corrected chi connectivity index (χ1v) is 6.90. The maximum Gasteiger partial charge on any atom is 0.106 e. The van der Waals surface area contributed by atoms with Gasteiger partial charge in [-0.1, -0.05) is 54.0 Å². The van der Waals surface area contributed by atoms with Gasteiger partial charge in [0.1, 0.15) is 5.71 Å². The molecule has 1 atom stereocenters. The molecule has 0 aromatic heterocycles. The van der Waals surface area contributed by atoms with Crippen LogP contribution in [0.3, 0.4) is 0 Å². The highest BCUT2D eigenvalue weighted by molar-refractivity contribution is 6.01. The summed E-state index contributed by atoms with van der Waals surface area (Å²) in [6.45, 7) is 6.54. The normalized spacial score (nSPS) is 13.4. The molecule has 0 radical (unpaired) electrons. The van der Waals surface area contributed by atoms with Gasteiger partial charge in [-0.2, -0.15) is 0 Å². The van der Waals surface area contributed by atoms with E-state index in [9.17, 15) is 0 Å². The summed E-state index contributed by atoms with van der Waals surface area (Å²) in [5.41, 5.74) is 3.78. The SMILES string of the molecule is CC(C)=CCC(C)C(=N[N+](C)(C)C)c1ccccc1.[I-]. The predicted octanol–water partition coefficient (Wildman–Crippen LogP) is 1.09. The van der Waals surface area contributed by atoms with Crippen molar-refractivity contribution < 1.29 is 28.6 Å². The van der Waals surface area contributed by atoms with E-state index >= 15 is 0 Å². The number of benzene rings is 1. The first kappa shape index (κ1) is 19.3. The average Bonchev–Trinajstić information content (AvgIpc) is 2.33. The Bertz CT molecular complexity index is 452. The maximum atomic E-state index is 4.88. The van der Waals surface area contributed by atoms with Gasteiger partial charge in [0.05, 0.1) is 21.1 Å². The van der Waals surface area contributed by atoms with Crippen LogP contribution in [0.2, 0.25) is 0 Å². The van der Waals surface area contributed by atoms with Crippen LogP contribution in [0.15, 0.2) is 47.1 Å². The fraction of sp³-hybridized carbons (Fsp3) is 0.471. The van der Waals surface area contributed by atoms with Crippen LogP contribution in [-0.4, -0.2) is 31.4 Å².